The first-order valence-corrected chi connectivity index (χ1v) is 8.74. The van der Waals surface area contributed by atoms with Gasteiger partial charge in [0, 0.05) is 23.5 Å². The molecule has 2 atom stereocenters. The number of amides is 1. The minimum atomic E-state index is 0. The van der Waals surface area contributed by atoms with Gasteiger partial charge in [0.15, 0.2) is 0 Å². The van der Waals surface area contributed by atoms with Crippen molar-refractivity contribution in [2.45, 2.75) is 12.3 Å². The number of nitrogens with two attached hydrogens (primary N) is 1. The van der Waals surface area contributed by atoms with Crippen LogP contribution in [0.25, 0.3) is 0 Å². The number of benzene rings is 2. The van der Waals surface area contributed by atoms with E-state index in [0.717, 1.165) is 23.1 Å². The molecule has 2 aromatic rings. The summed E-state index contributed by atoms with van der Waals surface area (Å²) in [4.78, 5) is 14.6. The minimum Gasteiger partial charge on any atom is -0.341 e. The smallest absolute Gasteiger partial charge is 0.227 e. The molecule has 1 fully saturated rings. The van der Waals surface area contributed by atoms with Crippen molar-refractivity contribution >= 4 is 34.2 Å². The summed E-state index contributed by atoms with van der Waals surface area (Å²) in [7, 11) is 0. The van der Waals surface area contributed by atoms with E-state index >= 15 is 0 Å². The number of hydrogen-bond donors (Lipinski definition) is 1. The average molecular weight is 410 g/mol. The number of carbonyl (C=O) groups excluding carboxylic acids is 1. The maximum Gasteiger partial charge on any atom is 0.227 e. The second-order valence-electron chi connectivity index (χ2n) is 6.12. The van der Waals surface area contributed by atoms with E-state index in [1.165, 1.54) is 5.56 Å². The van der Waals surface area contributed by atoms with E-state index in [4.69, 9.17) is 5.73 Å². The Morgan fingerprint density at radius 3 is 2.54 bits per heavy atom. The zero-order valence-corrected chi connectivity index (χ0v) is 15.8. The summed E-state index contributed by atoms with van der Waals surface area (Å²) < 4.78 is 1.01. The van der Waals surface area contributed by atoms with Crippen LogP contribution in [0.3, 0.4) is 0 Å². The molecule has 0 bridgehead atoms. The van der Waals surface area contributed by atoms with Crippen molar-refractivity contribution in [1.82, 2.24) is 4.90 Å². The van der Waals surface area contributed by atoms with Crippen LogP contribution in [0.5, 0.6) is 0 Å². The molecule has 1 heterocycles. The fourth-order valence-electron chi connectivity index (χ4n) is 3.32. The molecular formula is C19H22BrClN2O. The standard InChI is InChI=1S/C19H21BrN2O.ClH/c20-17-8-4-5-14(9-17)10-19(23)22-12-16(11-21)18(13-22)15-6-2-1-3-7-15;/h1-9,16,18H,10-13,21H2;1H/t16-,18+;/m1./s1. The lowest BCUT2D eigenvalue weighted by Crippen LogP contribution is -2.31. The predicted molar refractivity (Wildman–Crippen MR) is 103 cm³/mol. The summed E-state index contributed by atoms with van der Waals surface area (Å²) >= 11 is 3.46. The number of likely N-dealkylation sites (tertiary alicyclic amines) is 1. The molecule has 0 unspecified atom stereocenters. The van der Waals surface area contributed by atoms with Gasteiger partial charge in [-0.1, -0.05) is 58.4 Å². The third kappa shape index (κ3) is 4.38. The van der Waals surface area contributed by atoms with E-state index in [9.17, 15) is 4.79 Å². The third-order valence-electron chi connectivity index (χ3n) is 4.57. The van der Waals surface area contributed by atoms with Crippen molar-refractivity contribution in [3.05, 3.63) is 70.2 Å². The lowest BCUT2D eigenvalue weighted by Gasteiger charge is -2.17. The molecule has 1 aliphatic rings. The highest BCUT2D eigenvalue weighted by Gasteiger charge is 2.34. The topological polar surface area (TPSA) is 46.3 Å². The van der Waals surface area contributed by atoms with Gasteiger partial charge in [0.1, 0.15) is 0 Å². The highest BCUT2D eigenvalue weighted by molar-refractivity contribution is 9.10. The molecule has 1 aliphatic heterocycles. The number of nitrogens with zero attached hydrogens (tertiary/aromatic N) is 1. The maximum atomic E-state index is 12.6. The fraction of sp³-hybridized carbons (Fsp3) is 0.316. The number of hydrogen-bond acceptors (Lipinski definition) is 2. The van der Waals surface area contributed by atoms with Crippen LogP contribution in [0.2, 0.25) is 0 Å². The van der Waals surface area contributed by atoms with E-state index in [1.807, 2.05) is 35.2 Å². The highest BCUT2D eigenvalue weighted by atomic mass is 79.9. The molecule has 3 rings (SSSR count). The molecule has 2 aromatic carbocycles. The molecule has 1 amide bonds. The van der Waals surface area contributed by atoms with Gasteiger partial charge >= 0.3 is 0 Å². The molecule has 1 saturated heterocycles. The minimum absolute atomic E-state index is 0. The van der Waals surface area contributed by atoms with Gasteiger partial charge in [-0.15, -0.1) is 12.4 Å². The molecule has 5 heteroatoms. The van der Waals surface area contributed by atoms with E-state index < -0.39 is 0 Å². The Morgan fingerprint density at radius 1 is 1.12 bits per heavy atom. The number of halogens is 2. The molecule has 0 aliphatic carbocycles. The molecule has 0 saturated carbocycles. The molecule has 128 valence electrons. The van der Waals surface area contributed by atoms with Crippen LogP contribution in [0.1, 0.15) is 17.0 Å². The quantitative estimate of drug-likeness (QED) is 0.838. The summed E-state index contributed by atoms with van der Waals surface area (Å²) in [6.45, 7) is 2.13. The Morgan fingerprint density at radius 2 is 1.88 bits per heavy atom. The van der Waals surface area contributed by atoms with Gasteiger partial charge in [-0.25, -0.2) is 0 Å². The summed E-state index contributed by atoms with van der Waals surface area (Å²) in [6.07, 6.45) is 0.443. The first-order valence-electron chi connectivity index (χ1n) is 7.94. The van der Waals surface area contributed by atoms with E-state index in [1.54, 1.807) is 0 Å². The summed E-state index contributed by atoms with van der Waals surface area (Å²) in [5.41, 5.74) is 8.27. The largest absolute Gasteiger partial charge is 0.341 e. The second kappa shape index (κ2) is 8.65. The lowest BCUT2D eigenvalue weighted by molar-refractivity contribution is -0.129. The monoisotopic (exact) mass is 408 g/mol. The second-order valence-corrected chi connectivity index (χ2v) is 7.03. The molecule has 0 radical (unpaired) electrons. The van der Waals surface area contributed by atoms with Crippen molar-refractivity contribution in [2.24, 2.45) is 11.7 Å². The Hall–Kier alpha value is -1.36. The molecule has 0 spiro atoms. The number of rotatable bonds is 4. The van der Waals surface area contributed by atoms with Crippen LogP contribution in [0.4, 0.5) is 0 Å². The Bertz CT molecular complexity index is 680. The van der Waals surface area contributed by atoms with Crippen LogP contribution in [0, 0.1) is 5.92 Å². The van der Waals surface area contributed by atoms with Gasteiger partial charge in [0.2, 0.25) is 5.91 Å². The molecule has 3 nitrogen and oxygen atoms in total. The van der Waals surface area contributed by atoms with Crippen LogP contribution in [-0.4, -0.2) is 30.4 Å². The highest BCUT2D eigenvalue weighted by Crippen LogP contribution is 2.32. The van der Waals surface area contributed by atoms with Crippen molar-refractivity contribution in [3.63, 3.8) is 0 Å². The normalized spacial score (nSPS) is 19.8. The van der Waals surface area contributed by atoms with E-state index in [0.29, 0.717) is 24.8 Å². The zero-order chi connectivity index (χ0) is 16.2. The van der Waals surface area contributed by atoms with Gasteiger partial charge in [0.25, 0.3) is 0 Å². The Labute approximate surface area is 157 Å². The van der Waals surface area contributed by atoms with E-state index in [-0.39, 0.29) is 18.3 Å². The first kappa shape index (κ1) is 19.0. The predicted octanol–water partition coefficient (Wildman–Crippen LogP) is 3.61. The molecule has 2 N–H and O–H groups in total. The lowest BCUT2D eigenvalue weighted by atomic mass is 9.89. The molecular weight excluding hydrogens is 388 g/mol. The average Bonchev–Trinajstić information content (AvgIpc) is 3.00. The van der Waals surface area contributed by atoms with Gasteiger partial charge in [-0.3, -0.25) is 4.79 Å². The van der Waals surface area contributed by atoms with Crippen LogP contribution < -0.4 is 5.73 Å². The van der Waals surface area contributed by atoms with Gasteiger partial charge in [0.05, 0.1) is 6.42 Å². The van der Waals surface area contributed by atoms with Crippen LogP contribution in [0.15, 0.2) is 59.1 Å². The first-order chi connectivity index (χ1) is 11.2. The van der Waals surface area contributed by atoms with Crippen LogP contribution in [-0.2, 0) is 11.2 Å². The maximum absolute atomic E-state index is 12.6. The van der Waals surface area contributed by atoms with Gasteiger partial charge in [-0.2, -0.15) is 0 Å². The molecule has 24 heavy (non-hydrogen) atoms. The zero-order valence-electron chi connectivity index (χ0n) is 13.4. The van der Waals surface area contributed by atoms with Crippen molar-refractivity contribution in [1.29, 1.82) is 0 Å². The number of carbonyl (C=O) groups is 1. The Kier molecular flexibility index (Phi) is 6.84. The fourth-order valence-corrected chi connectivity index (χ4v) is 3.77. The summed E-state index contributed by atoms with van der Waals surface area (Å²) in [5.74, 6) is 0.858. The third-order valence-corrected chi connectivity index (χ3v) is 5.06. The van der Waals surface area contributed by atoms with Crippen molar-refractivity contribution < 1.29 is 4.79 Å². The van der Waals surface area contributed by atoms with Crippen LogP contribution >= 0.6 is 28.3 Å². The Balaban J connectivity index is 0.00000208. The van der Waals surface area contributed by atoms with Gasteiger partial charge < -0.3 is 10.6 Å². The SMILES string of the molecule is Cl.NC[C@@H]1CN(C(=O)Cc2cccc(Br)c2)C[C@H]1c1ccccc1. The summed E-state index contributed by atoms with van der Waals surface area (Å²) in [5, 5.41) is 0. The van der Waals surface area contributed by atoms with Crippen molar-refractivity contribution in [3.8, 4) is 0 Å². The van der Waals surface area contributed by atoms with E-state index in [2.05, 4.69) is 40.2 Å². The van der Waals surface area contributed by atoms with Gasteiger partial charge in [-0.05, 0) is 35.7 Å². The molecule has 0 aromatic heterocycles. The van der Waals surface area contributed by atoms with Crippen molar-refractivity contribution in [2.75, 3.05) is 19.6 Å². The summed E-state index contributed by atoms with van der Waals surface area (Å²) in [6, 6.07) is 18.3.